The molecule has 1 aliphatic carbocycles. The lowest BCUT2D eigenvalue weighted by atomic mass is 9.84. The molecular formula is C17H24ClNO. The van der Waals surface area contributed by atoms with Gasteiger partial charge in [0.2, 0.25) is 0 Å². The zero-order valence-electron chi connectivity index (χ0n) is 12.4. The lowest BCUT2D eigenvalue weighted by Crippen LogP contribution is -2.38. The number of ketones is 1. The molecule has 0 radical (unpaired) electrons. The highest BCUT2D eigenvalue weighted by Crippen LogP contribution is 2.29. The molecule has 0 unspecified atom stereocenters. The van der Waals surface area contributed by atoms with Gasteiger partial charge in [-0.1, -0.05) is 24.9 Å². The normalized spacial score (nSPS) is 23.0. The quantitative estimate of drug-likeness (QED) is 0.749. The summed E-state index contributed by atoms with van der Waals surface area (Å²) in [6, 6.07) is 7.75. The SMILES string of the molecule is CCC1CCC(N(C)CC(=O)c2ccc(Cl)cc2)CC1. The highest BCUT2D eigenvalue weighted by atomic mass is 35.5. The second kappa shape index (κ2) is 7.24. The molecule has 0 heterocycles. The van der Waals surface area contributed by atoms with E-state index in [2.05, 4.69) is 18.9 Å². The summed E-state index contributed by atoms with van der Waals surface area (Å²) in [4.78, 5) is 14.5. The first-order chi connectivity index (χ1) is 9.60. The molecule has 0 bridgehead atoms. The van der Waals surface area contributed by atoms with Crippen molar-refractivity contribution in [1.29, 1.82) is 0 Å². The van der Waals surface area contributed by atoms with Crippen molar-refractivity contribution >= 4 is 17.4 Å². The number of halogens is 1. The lowest BCUT2D eigenvalue weighted by Gasteiger charge is -2.34. The number of carbonyl (C=O) groups is 1. The van der Waals surface area contributed by atoms with Crippen molar-refractivity contribution in [3.8, 4) is 0 Å². The predicted octanol–water partition coefficient (Wildman–Crippen LogP) is 4.42. The first-order valence-corrected chi connectivity index (χ1v) is 7.97. The molecule has 1 aliphatic rings. The van der Waals surface area contributed by atoms with E-state index in [1.165, 1.54) is 32.1 Å². The second-order valence-electron chi connectivity index (χ2n) is 5.93. The molecule has 0 atom stereocenters. The highest BCUT2D eigenvalue weighted by Gasteiger charge is 2.24. The van der Waals surface area contributed by atoms with Crippen molar-refractivity contribution < 1.29 is 4.79 Å². The van der Waals surface area contributed by atoms with Crippen molar-refractivity contribution in [3.05, 3.63) is 34.9 Å². The van der Waals surface area contributed by atoms with Crippen LogP contribution in [0.4, 0.5) is 0 Å². The number of likely N-dealkylation sites (N-methyl/N-ethyl adjacent to an activating group) is 1. The van der Waals surface area contributed by atoms with Gasteiger partial charge in [-0.3, -0.25) is 9.69 Å². The number of hydrogen-bond donors (Lipinski definition) is 0. The van der Waals surface area contributed by atoms with Gasteiger partial charge in [0, 0.05) is 16.6 Å². The summed E-state index contributed by atoms with van der Waals surface area (Å²) in [7, 11) is 2.07. The third-order valence-electron chi connectivity index (χ3n) is 4.58. The summed E-state index contributed by atoms with van der Waals surface area (Å²) >= 11 is 5.85. The third-order valence-corrected chi connectivity index (χ3v) is 4.83. The van der Waals surface area contributed by atoms with Crippen molar-refractivity contribution in [2.24, 2.45) is 5.92 Å². The van der Waals surface area contributed by atoms with Gasteiger partial charge in [0.1, 0.15) is 0 Å². The van der Waals surface area contributed by atoms with Crippen LogP contribution < -0.4 is 0 Å². The molecule has 0 saturated heterocycles. The van der Waals surface area contributed by atoms with Gasteiger partial charge in [-0.2, -0.15) is 0 Å². The van der Waals surface area contributed by atoms with Crippen LogP contribution in [-0.2, 0) is 0 Å². The van der Waals surface area contributed by atoms with Gasteiger partial charge in [0.05, 0.1) is 6.54 Å². The zero-order chi connectivity index (χ0) is 14.5. The van der Waals surface area contributed by atoms with Gasteiger partial charge >= 0.3 is 0 Å². The van der Waals surface area contributed by atoms with Gasteiger partial charge in [-0.15, -0.1) is 0 Å². The Morgan fingerprint density at radius 3 is 2.35 bits per heavy atom. The molecule has 0 aromatic heterocycles. The van der Waals surface area contributed by atoms with Gasteiger partial charge in [-0.25, -0.2) is 0 Å². The third kappa shape index (κ3) is 4.07. The number of carbonyl (C=O) groups excluding carboxylic acids is 1. The molecule has 20 heavy (non-hydrogen) atoms. The van der Waals surface area contributed by atoms with Crippen LogP contribution in [0.3, 0.4) is 0 Å². The number of Topliss-reactive ketones (excluding diaryl/α,β-unsaturated/α-hetero) is 1. The Hall–Kier alpha value is -0.860. The van der Waals surface area contributed by atoms with Gasteiger partial charge in [-0.05, 0) is 62.9 Å². The van der Waals surface area contributed by atoms with E-state index in [-0.39, 0.29) is 5.78 Å². The molecule has 0 spiro atoms. The van der Waals surface area contributed by atoms with Gasteiger partial charge in [0.25, 0.3) is 0 Å². The van der Waals surface area contributed by atoms with E-state index in [1.807, 2.05) is 12.1 Å². The van der Waals surface area contributed by atoms with Crippen LogP contribution >= 0.6 is 11.6 Å². The maximum Gasteiger partial charge on any atom is 0.176 e. The van der Waals surface area contributed by atoms with Crippen molar-refractivity contribution in [2.45, 2.75) is 45.1 Å². The molecule has 1 saturated carbocycles. The van der Waals surface area contributed by atoms with Crippen molar-refractivity contribution in [1.82, 2.24) is 4.90 Å². The van der Waals surface area contributed by atoms with E-state index in [9.17, 15) is 4.79 Å². The summed E-state index contributed by atoms with van der Waals surface area (Å²) in [5, 5.41) is 0.674. The number of benzene rings is 1. The Kier molecular flexibility index (Phi) is 5.62. The van der Waals surface area contributed by atoms with E-state index in [4.69, 9.17) is 11.6 Å². The van der Waals surface area contributed by atoms with Crippen LogP contribution in [-0.4, -0.2) is 30.3 Å². The number of hydrogen-bond acceptors (Lipinski definition) is 2. The molecule has 110 valence electrons. The molecule has 2 nitrogen and oxygen atoms in total. The summed E-state index contributed by atoms with van der Waals surface area (Å²) in [6.45, 7) is 2.78. The molecular weight excluding hydrogens is 270 g/mol. The Balaban J connectivity index is 1.86. The molecule has 1 aromatic carbocycles. The van der Waals surface area contributed by atoms with Crippen LogP contribution in [0.15, 0.2) is 24.3 Å². The Labute approximate surface area is 127 Å². The smallest absolute Gasteiger partial charge is 0.176 e. The monoisotopic (exact) mass is 293 g/mol. The Bertz CT molecular complexity index is 435. The summed E-state index contributed by atoms with van der Waals surface area (Å²) in [6.07, 6.45) is 6.35. The molecule has 1 aromatic rings. The first kappa shape index (κ1) is 15.5. The Morgan fingerprint density at radius 1 is 1.20 bits per heavy atom. The van der Waals surface area contributed by atoms with Gasteiger partial charge in [0.15, 0.2) is 5.78 Å². The van der Waals surface area contributed by atoms with Crippen LogP contribution in [0, 0.1) is 5.92 Å². The van der Waals surface area contributed by atoms with Crippen LogP contribution in [0.5, 0.6) is 0 Å². The minimum Gasteiger partial charge on any atom is -0.296 e. The fourth-order valence-electron chi connectivity index (χ4n) is 3.08. The van der Waals surface area contributed by atoms with E-state index in [0.717, 1.165) is 11.5 Å². The fourth-order valence-corrected chi connectivity index (χ4v) is 3.20. The number of rotatable bonds is 5. The van der Waals surface area contributed by atoms with E-state index in [0.29, 0.717) is 17.6 Å². The minimum atomic E-state index is 0.182. The highest BCUT2D eigenvalue weighted by molar-refractivity contribution is 6.30. The summed E-state index contributed by atoms with van der Waals surface area (Å²) in [5.74, 6) is 1.08. The zero-order valence-corrected chi connectivity index (χ0v) is 13.2. The molecule has 2 rings (SSSR count). The van der Waals surface area contributed by atoms with Crippen molar-refractivity contribution in [3.63, 3.8) is 0 Å². The largest absolute Gasteiger partial charge is 0.296 e. The lowest BCUT2D eigenvalue weighted by molar-refractivity contribution is 0.0885. The van der Waals surface area contributed by atoms with Crippen LogP contribution in [0.2, 0.25) is 5.02 Å². The molecule has 0 amide bonds. The molecule has 0 aliphatic heterocycles. The second-order valence-corrected chi connectivity index (χ2v) is 6.36. The maximum absolute atomic E-state index is 12.2. The summed E-state index contributed by atoms with van der Waals surface area (Å²) < 4.78 is 0. The van der Waals surface area contributed by atoms with E-state index in [1.54, 1.807) is 12.1 Å². The van der Waals surface area contributed by atoms with Crippen LogP contribution in [0.1, 0.15) is 49.4 Å². The average molecular weight is 294 g/mol. The molecule has 3 heteroatoms. The van der Waals surface area contributed by atoms with Crippen LogP contribution in [0.25, 0.3) is 0 Å². The van der Waals surface area contributed by atoms with Crippen molar-refractivity contribution in [2.75, 3.05) is 13.6 Å². The first-order valence-electron chi connectivity index (χ1n) is 7.59. The topological polar surface area (TPSA) is 20.3 Å². The Morgan fingerprint density at radius 2 is 1.80 bits per heavy atom. The van der Waals surface area contributed by atoms with E-state index >= 15 is 0 Å². The predicted molar refractivity (Wildman–Crippen MR) is 84.4 cm³/mol. The minimum absolute atomic E-state index is 0.182. The molecule has 0 N–H and O–H groups in total. The summed E-state index contributed by atoms with van der Waals surface area (Å²) in [5.41, 5.74) is 0.753. The number of nitrogens with zero attached hydrogens (tertiary/aromatic N) is 1. The molecule has 1 fully saturated rings. The fraction of sp³-hybridized carbons (Fsp3) is 0.588. The average Bonchev–Trinajstić information content (AvgIpc) is 2.48. The standard InChI is InChI=1S/C17H24ClNO/c1-3-13-4-10-16(11-5-13)19(2)12-17(20)14-6-8-15(18)9-7-14/h6-9,13,16H,3-5,10-12H2,1-2H3. The van der Waals surface area contributed by atoms with E-state index < -0.39 is 0 Å². The maximum atomic E-state index is 12.2. The van der Waals surface area contributed by atoms with Gasteiger partial charge < -0.3 is 0 Å².